The van der Waals surface area contributed by atoms with Crippen molar-refractivity contribution in [3.8, 4) is 0 Å². The van der Waals surface area contributed by atoms with Crippen LogP contribution >= 0.6 is 0 Å². The third kappa shape index (κ3) is 3.21. The molecule has 0 aromatic carbocycles. The van der Waals surface area contributed by atoms with Crippen molar-refractivity contribution in [1.29, 1.82) is 0 Å². The summed E-state index contributed by atoms with van der Waals surface area (Å²) in [6.07, 6.45) is 15.3. The smallest absolute Gasteiger partial charge is 0.334 e. The molecule has 0 saturated heterocycles. The van der Waals surface area contributed by atoms with Gasteiger partial charge in [-0.05, 0) is 39.2 Å². The summed E-state index contributed by atoms with van der Waals surface area (Å²) in [6, 6.07) is 0. The summed E-state index contributed by atoms with van der Waals surface area (Å²) in [7, 11) is 0. The molecule has 4 atom stereocenters. The fourth-order valence-electron chi connectivity index (χ4n) is 3.88. The van der Waals surface area contributed by atoms with Gasteiger partial charge in [0.2, 0.25) is 0 Å². The lowest BCUT2D eigenvalue weighted by atomic mass is 9.73. The van der Waals surface area contributed by atoms with E-state index in [-0.39, 0.29) is 35.6 Å². The first-order valence-electron chi connectivity index (χ1n) is 8.58. The first-order valence-corrected chi connectivity index (χ1v) is 8.58. The van der Waals surface area contributed by atoms with Crippen molar-refractivity contribution < 1.29 is 14.3 Å². The van der Waals surface area contributed by atoms with Gasteiger partial charge in [-0.2, -0.15) is 0 Å². The van der Waals surface area contributed by atoms with Gasteiger partial charge >= 0.3 is 5.97 Å². The summed E-state index contributed by atoms with van der Waals surface area (Å²) in [5.41, 5.74) is 2.97. The van der Waals surface area contributed by atoms with E-state index in [0.717, 1.165) is 12.0 Å². The van der Waals surface area contributed by atoms with Gasteiger partial charge in [-0.1, -0.05) is 47.6 Å². The molecule has 1 aliphatic heterocycles. The predicted octanol–water partition coefficient (Wildman–Crippen LogP) is 4.09. The Morgan fingerprint density at radius 3 is 2.67 bits per heavy atom. The number of hydrogen-bond donors (Lipinski definition) is 0. The third-order valence-electron chi connectivity index (χ3n) is 5.19. The maximum absolute atomic E-state index is 12.7. The van der Waals surface area contributed by atoms with Crippen LogP contribution in [0.3, 0.4) is 0 Å². The lowest BCUT2D eigenvalue weighted by Crippen LogP contribution is -2.37. The Kier molecular flexibility index (Phi) is 4.70. The van der Waals surface area contributed by atoms with E-state index >= 15 is 0 Å². The van der Waals surface area contributed by atoms with Crippen LogP contribution in [0.4, 0.5) is 0 Å². The highest BCUT2D eigenvalue weighted by atomic mass is 16.5. The van der Waals surface area contributed by atoms with Crippen LogP contribution in [0.1, 0.15) is 33.6 Å². The van der Waals surface area contributed by atoms with Crippen LogP contribution in [0.5, 0.6) is 0 Å². The Hall–Kier alpha value is -2.16. The highest BCUT2D eigenvalue weighted by molar-refractivity contribution is 5.92. The molecule has 0 radical (unpaired) electrons. The summed E-state index contributed by atoms with van der Waals surface area (Å²) in [5.74, 6) is -0.0266. The van der Waals surface area contributed by atoms with Gasteiger partial charge in [0.25, 0.3) is 0 Å². The van der Waals surface area contributed by atoms with E-state index in [1.807, 2.05) is 25.2 Å². The lowest BCUT2D eigenvalue weighted by Gasteiger charge is -2.36. The molecule has 0 fully saturated rings. The molecule has 2 aliphatic carbocycles. The summed E-state index contributed by atoms with van der Waals surface area (Å²) >= 11 is 0. The fraction of sp³-hybridized carbons (Fsp3) is 0.429. The molecule has 0 aromatic heterocycles. The van der Waals surface area contributed by atoms with E-state index in [9.17, 15) is 9.59 Å². The molecule has 24 heavy (non-hydrogen) atoms. The second-order valence-corrected chi connectivity index (χ2v) is 6.98. The zero-order valence-corrected chi connectivity index (χ0v) is 14.5. The van der Waals surface area contributed by atoms with Gasteiger partial charge in [0, 0.05) is 23.8 Å². The Balaban J connectivity index is 1.98. The molecule has 3 aliphatic rings. The van der Waals surface area contributed by atoms with Crippen LogP contribution in [0.2, 0.25) is 0 Å². The highest BCUT2D eigenvalue weighted by Crippen LogP contribution is 2.40. The number of Topliss-reactive ketones (excluding diaryl/α,β-unsaturated/α-hetero) is 1. The molecule has 3 nitrogen and oxygen atoms in total. The summed E-state index contributed by atoms with van der Waals surface area (Å²) in [6.45, 7) is 5.67. The topological polar surface area (TPSA) is 43.4 Å². The maximum atomic E-state index is 12.7. The summed E-state index contributed by atoms with van der Waals surface area (Å²) in [5, 5.41) is 0. The molecule has 0 bridgehead atoms. The lowest BCUT2D eigenvalue weighted by molar-refractivity contribution is -0.146. The Bertz CT molecular complexity index is 703. The minimum Gasteiger partial charge on any atom is -0.454 e. The number of fused-ring (bicyclic) bond motifs is 1. The van der Waals surface area contributed by atoms with Crippen molar-refractivity contribution in [3.63, 3.8) is 0 Å². The molecule has 1 heterocycles. The number of hydrogen-bond acceptors (Lipinski definition) is 3. The van der Waals surface area contributed by atoms with Crippen molar-refractivity contribution in [1.82, 2.24) is 0 Å². The second-order valence-electron chi connectivity index (χ2n) is 6.98. The Morgan fingerprint density at radius 2 is 2.00 bits per heavy atom. The number of rotatable bonds is 4. The maximum Gasteiger partial charge on any atom is 0.334 e. The van der Waals surface area contributed by atoms with Crippen molar-refractivity contribution in [3.05, 3.63) is 59.3 Å². The van der Waals surface area contributed by atoms with Crippen molar-refractivity contribution in [2.75, 3.05) is 0 Å². The molecule has 0 spiro atoms. The first-order chi connectivity index (χ1) is 11.5. The molecule has 0 N–H and O–H groups in total. The predicted molar refractivity (Wildman–Crippen MR) is 94.1 cm³/mol. The van der Waals surface area contributed by atoms with E-state index < -0.39 is 0 Å². The molecule has 3 rings (SSSR count). The van der Waals surface area contributed by atoms with Crippen LogP contribution < -0.4 is 0 Å². The number of carbonyl (C=O) groups excluding carboxylic acids is 2. The van der Waals surface area contributed by atoms with E-state index in [1.54, 1.807) is 6.92 Å². The van der Waals surface area contributed by atoms with Gasteiger partial charge in [0.05, 0.1) is 0 Å². The SMILES string of the molecule is CC(=O)CC(C1=C(C)C2C=CC=CC2OC1=O)C1C=CC(C)=CC1. The van der Waals surface area contributed by atoms with E-state index in [4.69, 9.17) is 4.74 Å². The molecule has 0 saturated carbocycles. The van der Waals surface area contributed by atoms with Crippen LogP contribution in [0.25, 0.3) is 0 Å². The monoisotopic (exact) mass is 324 g/mol. The molecular weight excluding hydrogens is 300 g/mol. The summed E-state index contributed by atoms with van der Waals surface area (Å²) in [4.78, 5) is 24.6. The minimum absolute atomic E-state index is 0.0852. The Morgan fingerprint density at radius 1 is 1.25 bits per heavy atom. The van der Waals surface area contributed by atoms with Crippen molar-refractivity contribution >= 4 is 11.8 Å². The molecule has 4 unspecified atom stereocenters. The average Bonchev–Trinajstić information content (AvgIpc) is 2.54. The first kappa shape index (κ1) is 16.7. The zero-order chi connectivity index (χ0) is 17.3. The van der Waals surface area contributed by atoms with E-state index in [0.29, 0.717) is 12.0 Å². The standard InChI is InChI=1S/C21H24O3/c1-13-8-10-16(11-9-13)18(12-14(2)22)20-15(3)17-6-4-5-7-19(17)24-21(20)23/h4-10,16-19H,11-12H2,1-3H3. The quantitative estimate of drug-likeness (QED) is 0.732. The highest BCUT2D eigenvalue weighted by Gasteiger charge is 2.39. The normalized spacial score (nSPS) is 29.9. The number of allylic oxidation sites excluding steroid dienone is 6. The van der Waals surface area contributed by atoms with Gasteiger partial charge in [-0.15, -0.1) is 0 Å². The number of carbonyl (C=O) groups is 2. The van der Waals surface area contributed by atoms with Crippen LogP contribution in [0, 0.1) is 17.8 Å². The zero-order valence-electron chi connectivity index (χ0n) is 14.5. The number of esters is 1. The molecule has 3 heteroatoms. The number of ether oxygens (including phenoxy) is 1. The second kappa shape index (κ2) is 6.76. The van der Waals surface area contributed by atoms with Gasteiger partial charge in [-0.25, -0.2) is 4.79 Å². The van der Waals surface area contributed by atoms with Crippen LogP contribution in [0.15, 0.2) is 59.3 Å². The molecular formula is C21H24O3. The van der Waals surface area contributed by atoms with Crippen LogP contribution in [-0.4, -0.2) is 17.9 Å². The third-order valence-corrected chi connectivity index (χ3v) is 5.19. The van der Waals surface area contributed by atoms with Crippen LogP contribution in [-0.2, 0) is 14.3 Å². The molecule has 0 amide bonds. The fourth-order valence-corrected chi connectivity index (χ4v) is 3.88. The van der Waals surface area contributed by atoms with Crippen molar-refractivity contribution in [2.24, 2.45) is 17.8 Å². The van der Waals surface area contributed by atoms with Gasteiger partial charge in [-0.3, -0.25) is 0 Å². The molecule has 126 valence electrons. The molecule has 0 aromatic rings. The van der Waals surface area contributed by atoms with E-state index in [2.05, 4.69) is 31.2 Å². The number of ketones is 1. The Labute approximate surface area is 143 Å². The van der Waals surface area contributed by atoms with Crippen molar-refractivity contribution in [2.45, 2.75) is 39.7 Å². The van der Waals surface area contributed by atoms with Gasteiger partial charge < -0.3 is 9.53 Å². The average molecular weight is 324 g/mol. The van der Waals surface area contributed by atoms with Gasteiger partial charge in [0.15, 0.2) is 0 Å². The minimum atomic E-state index is -0.264. The van der Waals surface area contributed by atoms with Gasteiger partial charge in [0.1, 0.15) is 11.9 Å². The van der Waals surface area contributed by atoms with E-state index in [1.165, 1.54) is 5.57 Å². The summed E-state index contributed by atoms with van der Waals surface area (Å²) < 4.78 is 5.66. The largest absolute Gasteiger partial charge is 0.454 e.